The standard InChI is InChI=1S/C25H46N6O10/c1-30-18-19(35)20-15(4-11(28)22(39-20)41-25-6-9(25)2-10(27)3-17(25)29)37-24(18)40-23-13(33)5-12(16(8-32)38-23)31-21(36)14(34)7-26/h9-20,22-24,30,32-35H,2-8,26-29H2,1H3,(H,31,36)/t9?,10-,11?,12-,13?,14-,15-,16?,17?,18?,19?,20?,22+,23+,24?,25+/m0/s1. The molecule has 16 atom stereocenters. The number of hydrogen-bond donors (Lipinski definition) is 10. The van der Waals surface area contributed by atoms with Gasteiger partial charge in [-0.15, -0.1) is 0 Å². The normalized spacial score (nSPS) is 50.4. The number of carbonyl (C=O) groups is 1. The van der Waals surface area contributed by atoms with Crippen molar-refractivity contribution in [1.29, 1.82) is 0 Å². The van der Waals surface area contributed by atoms with Crippen LogP contribution in [0.25, 0.3) is 0 Å². The molecule has 3 heterocycles. The molecule has 3 saturated heterocycles. The maximum atomic E-state index is 12.1. The maximum absolute atomic E-state index is 12.1. The van der Waals surface area contributed by atoms with E-state index in [-0.39, 0.29) is 31.0 Å². The van der Waals surface area contributed by atoms with Crippen molar-refractivity contribution in [2.45, 2.75) is 123 Å². The minimum atomic E-state index is -1.43. The van der Waals surface area contributed by atoms with Crippen molar-refractivity contribution in [2.75, 3.05) is 20.2 Å². The second-order valence-electron chi connectivity index (χ2n) is 12.1. The van der Waals surface area contributed by atoms with Crippen molar-refractivity contribution < 1.29 is 48.9 Å². The summed E-state index contributed by atoms with van der Waals surface area (Å²) in [6, 6.07) is -2.31. The molecule has 0 aromatic heterocycles. The second-order valence-corrected chi connectivity index (χ2v) is 12.1. The van der Waals surface area contributed by atoms with Crippen molar-refractivity contribution in [3.8, 4) is 0 Å². The number of amides is 1. The van der Waals surface area contributed by atoms with E-state index >= 15 is 0 Å². The van der Waals surface area contributed by atoms with Gasteiger partial charge in [-0.1, -0.05) is 0 Å². The molecule has 5 fully saturated rings. The van der Waals surface area contributed by atoms with Gasteiger partial charge in [-0.2, -0.15) is 0 Å². The highest BCUT2D eigenvalue weighted by Gasteiger charge is 2.64. The lowest BCUT2D eigenvalue weighted by molar-refractivity contribution is -0.367. The van der Waals surface area contributed by atoms with Gasteiger partial charge in [0.1, 0.15) is 30.5 Å². The molecule has 0 bridgehead atoms. The van der Waals surface area contributed by atoms with E-state index in [2.05, 4.69) is 10.6 Å². The molecule has 0 aromatic carbocycles. The molecular weight excluding hydrogens is 544 g/mol. The largest absolute Gasteiger partial charge is 0.394 e. The smallest absolute Gasteiger partial charge is 0.250 e. The van der Waals surface area contributed by atoms with Gasteiger partial charge in [0.05, 0.1) is 36.4 Å². The summed E-state index contributed by atoms with van der Waals surface area (Å²) in [4.78, 5) is 12.1. The Bertz CT molecular complexity index is 922. The molecular formula is C25H46N6O10. The number of carbonyl (C=O) groups excluding carboxylic acids is 1. The van der Waals surface area contributed by atoms with E-state index in [1.165, 1.54) is 0 Å². The Labute approximate surface area is 238 Å². The molecule has 3 aliphatic heterocycles. The molecule has 0 radical (unpaired) electrons. The van der Waals surface area contributed by atoms with E-state index in [1.807, 2.05) is 0 Å². The van der Waals surface area contributed by atoms with Gasteiger partial charge in [-0.05, 0) is 38.6 Å². The first-order valence-corrected chi connectivity index (χ1v) is 14.4. The van der Waals surface area contributed by atoms with Gasteiger partial charge < -0.3 is 77.7 Å². The molecule has 16 heteroatoms. The van der Waals surface area contributed by atoms with Crippen molar-refractivity contribution in [2.24, 2.45) is 28.9 Å². The van der Waals surface area contributed by atoms with Gasteiger partial charge in [0, 0.05) is 25.0 Å². The van der Waals surface area contributed by atoms with E-state index in [0.717, 1.165) is 12.8 Å². The van der Waals surface area contributed by atoms with Gasteiger partial charge in [-0.25, -0.2) is 0 Å². The fourth-order valence-electron chi connectivity index (χ4n) is 6.79. The first-order chi connectivity index (χ1) is 19.5. The van der Waals surface area contributed by atoms with Gasteiger partial charge in [-0.3, -0.25) is 4.79 Å². The van der Waals surface area contributed by atoms with Crippen LogP contribution in [0.3, 0.4) is 0 Å². The average molecular weight is 591 g/mol. The van der Waals surface area contributed by atoms with Crippen LogP contribution < -0.4 is 33.6 Å². The highest BCUT2D eigenvalue weighted by molar-refractivity contribution is 5.81. The minimum absolute atomic E-state index is 0.0345. The van der Waals surface area contributed by atoms with Crippen LogP contribution in [0.5, 0.6) is 0 Å². The highest BCUT2D eigenvalue weighted by Crippen LogP contribution is 2.56. The van der Waals surface area contributed by atoms with Gasteiger partial charge in [0.2, 0.25) is 5.91 Å². The predicted octanol–water partition coefficient (Wildman–Crippen LogP) is -5.38. The zero-order chi connectivity index (χ0) is 29.6. The predicted molar refractivity (Wildman–Crippen MR) is 140 cm³/mol. The van der Waals surface area contributed by atoms with E-state index in [1.54, 1.807) is 7.05 Å². The lowest BCUT2D eigenvalue weighted by Gasteiger charge is -2.51. The number of nitrogens with one attached hydrogen (secondary N) is 2. The van der Waals surface area contributed by atoms with Crippen LogP contribution in [-0.4, -0.2) is 138 Å². The summed E-state index contributed by atoms with van der Waals surface area (Å²) in [5.41, 5.74) is 23.8. The number of likely N-dealkylation sites (N-methyl/N-ethyl adjacent to an activating group) is 1. The van der Waals surface area contributed by atoms with E-state index in [0.29, 0.717) is 12.8 Å². The van der Waals surface area contributed by atoms with Crippen LogP contribution in [0.1, 0.15) is 32.1 Å². The van der Waals surface area contributed by atoms with Crippen LogP contribution >= 0.6 is 0 Å². The van der Waals surface area contributed by atoms with Gasteiger partial charge >= 0.3 is 0 Å². The Balaban J connectivity index is 1.21. The molecule has 2 aliphatic carbocycles. The first kappa shape index (κ1) is 31.3. The number of ether oxygens (including phenoxy) is 5. The summed E-state index contributed by atoms with van der Waals surface area (Å²) in [5, 5.41) is 47.1. The first-order valence-electron chi connectivity index (χ1n) is 14.4. The third-order valence-corrected chi connectivity index (χ3v) is 9.22. The number of fused-ring (bicyclic) bond motifs is 2. The summed E-state index contributed by atoms with van der Waals surface area (Å²) in [5.74, 6) is -0.485. The fourth-order valence-corrected chi connectivity index (χ4v) is 6.79. The second kappa shape index (κ2) is 12.5. The molecule has 5 rings (SSSR count). The third kappa shape index (κ3) is 6.14. The summed E-state index contributed by atoms with van der Waals surface area (Å²) < 4.78 is 30.5. The molecule has 9 unspecified atom stereocenters. The Morgan fingerprint density at radius 3 is 2.49 bits per heavy atom. The van der Waals surface area contributed by atoms with Crippen molar-refractivity contribution in [3.63, 3.8) is 0 Å². The van der Waals surface area contributed by atoms with E-state index in [4.69, 9.17) is 46.6 Å². The lowest BCUT2D eigenvalue weighted by Crippen LogP contribution is -2.69. The molecule has 16 nitrogen and oxygen atoms in total. The lowest BCUT2D eigenvalue weighted by atomic mass is 9.88. The number of hydrogen-bond acceptors (Lipinski definition) is 15. The van der Waals surface area contributed by atoms with Crippen LogP contribution in [0.2, 0.25) is 0 Å². The van der Waals surface area contributed by atoms with E-state index in [9.17, 15) is 25.2 Å². The summed E-state index contributed by atoms with van der Waals surface area (Å²) in [6.45, 7) is -0.775. The third-order valence-electron chi connectivity index (χ3n) is 9.22. The van der Waals surface area contributed by atoms with Crippen LogP contribution in [-0.2, 0) is 28.5 Å². The van der Waals surface area contributed by atoms with Gasteiger partial charge in [0.15, 0.2) is 18.9 Å². The molecule has 236 valence electrons. The quantitative estimate of drug-likeness (QED) is 0.120. The monoisotopic (exact) mass is 590 g/mol. The zero-order valence-electron chi connectivity index (χ0n) is 23.2. The minimum Gasteiger partial charge on any atom is -0.394 e. The topological polar surface area (TPSA) is 272 Å². The summed E-state index contributed by atoms with van der Waals surface area (Å²) in [7, 11) is 1.62. The molecule has 1 amide bonds. The number of nitrogens with two attached hydrogens (primary N) is 4. The Morgan fingerprint density at radius 2 is 1.83 bits per heavy atom. The molecule has 0 spiro atoms. The molecule has 14 N–H and O–H groups in total. The highest BCUT2D eigenvalue weighted by atomic mass is 16.8. The van der Waals surface area contributed by atoms with Crippen molar-refractivity contribution in [3.05, 3.63) is 0 Å². The van der Waals surface area contributed by atoms with E-state index < -0.39 is 91.7 Å². The van der Waals surface area contributed by atoms with Crippen LogP contribution in [0, 0.1) is 5.92 Å². The van der Waals surface area contributed by atoms with Crippen molar-refractivity contribution in [1.82, 2.24) is 10.6 Å². The Kier molecular flexibility index (Phi) is 9.55. The van der Waals surface area contributed by atoms with Crippen molar-refractivity contribution >= 4 is 5.91 Å². The summed E-state index contributed by atoms with van der Waals surface area (Å²) >= 11 is 0. The van der Waals surface area contributed by atoms with Gasteiger partial charge in [0.25, 0.3) is 0 Å². The number of rotatable bonds is 9. The zero-order valence-corrected chi connectivity index (χ0v) is 23.2. The SMILES string of the molecule is CNC1C(O[C@H]2OC(CO)[C@@H](NC(=O)[C@@H](O)CN)CC2O)O[C@H]2CC(N)[C@@H](O[C@]34CC3C[C@H](N)CC4N)OC2C1O. The summed E-state index contributed by atoms with van der Waals surface area (Å²) in [6.07, 6.45) is -6.65. The Hall–Kier alpha value is -1.09. The maximum Gasteiger partial charge on any atom is 0.250 e. The van der Waals surface area contributed by atoms with Crippen LogP contribution in [0.15, 0.2) is 0 Å². The number of aliphatic hydroxyl groups is 4. The molecule has 41 heavy (non-hydrogen) atoms. The van der Waals surface area contributed by atoms with Crippen LogP contribution in [0.4, 0.5) is 0 Å². The molecule has 5 aliphatic rings. The average Bonchev–Trinajstić information content (AvgIpc) is 3.64. The number of aliphatic hydroxyl groups excluding tert-OH is 4. The molecule has 0 aromatic rings. The molecule has 2 saturated carbocycles. The Morgan fingerprint density at radius 1 is 1.07 bits per heavy atom. The fraction of sp³-hybridized carbons (Fsp3) is 0.960.